The fourth-order valence-electron chi connectivity index (χ4n) is 2.39. The topological polar surface area (TPSA) is 55.4 Å². The van der Waals surface area contributed by atoms with Crippen molar-refractivity contribution in [3.8, 4) is 0 Å². The number of amides is 1. The molecule has 1 N–H and O–H groups in total. The molecule has 0 aromatic heterocycles. The molecule has 4 nitrogen and oxygen atoms in total. The van der Waals surface area contributed by atoms with Crippen LogP contribution in [0.4, 0.5) is 10.1 Å². The Morgan fingerprint density at radius 1 is 1.12 bits per heavy atom. The highest BCUT2D eigenvalue weighted by atomic mass is 19.1. The largest absolute Gasteiger partial charge is 0.449 e. The average molecular weight is 343 g/mol. The second-order valence-electron chi connectivity index (χ2n) is 5.94. The highest BCUT2D eigenvalue weighted by Crippen LogP contribution is 2.26. The van der Waals surface area contributed by atoms with E-state index in [2.05, 4.69) is 19.2 Å². The van der Waals surface area contributed by atoms with E-state index in [-0.39, 0.29) is 5.56 Å². The van der Waals surface area contributed by atoms with E-state index in [1.54, 1.807) is 0 Å². The van der Waals surface area contributed by atoms with Crippen molar-refractivity contribution in [3.63, 3.8) is 0 Å². The Balaban J connectivity index is 2.05. The number of esters is 1. The number of halogens is 1. The second kappa shape index (κ2) is 8.42. The highest BCUT2D eigenvalue weighted by molar-refractivity contribution is 5.97. The van der Waals surface area contributed by atoms with Crippen molar-refractivity contribution in [2.75, 3.05) is 5.32 Å². The summed E-state index contributed by atoms with van der Waals surface area (Å²) in [5.41, 5.74) is 1.80. The molecule has 2 atom stereocenters. The highest BCUT2D eigenvalue weighted by Gasteiger charge is 2.20. The lowest BCUT2D eigenvalue weighted by Crippen LogP contribution is -2.30. The first-order valence-electron chi connectivity index (χ1n) is 8.28. The summed E-state index contributed by atoms with van der Waals surface area (Å²) in [6, 6.07) is 12.7. The van der Waals surface area contributed by atoms with Gasteiger partial charge in [-0.05, 0) is 49.1 Å². The standard InChI is InChI=1S/C20H22FNO3/c1-4-13(2)17-10-5-6-11-18(17)22-19(23)14(3)25-20(24)15-8-7-9-16(21)12-15/h5-14H,4H2,1-3H3,(H,22,23)/t13-,14+/m0/s1. The van der Waals surface area contributed by atoms with Gasteiger partial charge in [0.1, 0.15) is 5.82 Å². The Morgan fingerprint density at radius 2 is 1.84 bits per heavy atom. The van der Waals surface area contributed by atoms with Crippen LogP contribution in [0.2, 0.25) is 0 Å². The molecule has 0 spiro atoms. The summed E-state index contributed by atoms with van der Waals surface area (Å²) >= 11 is 0. The van der Waals surface area contributed by atoms with E-state index < -0.39 is 23.8 Å². The van der Waals surface area contributed by atoms with Gasteiger partial charge in [0.2, 0.25) is 0 Å². The number of nitrogens with one attached hydrogen (secondary N) is 1. The minimum absolute atomic E-state index is 0.0691. The Labute approximate surface area is 147 Å². The molecule has 0 saturated carbocycles. The minimum Gasteiger partial charge on any atom is -0.449 e. The van der Waals surface area contributed by atoms with E-state index in [0.717, 1.165) is 18.1 Å². The maximum Gasteiger partial charge on any atom is 0.339 e. The Hall–Kier alpha value is -2.69. The van der Waals surface area contributed by atoms with Gasteiger partial charge in [-0.1, -0.05) is 38.1 Å². The monoisotopic (exact) mass is 343 g/mol. The van der Waals surface area contributed by atoms with Crippen LogP contribution in [0.5, 0.6) is 0 Å². The minimum atomic E-state index is -0.999. The van der Waals surface area contributed by atoms with Crippen molar-refractivity contribution in [2.24, 2.45) is 0 Å². The molecule has 0 unspecified atom stereocenters. The van der Waals surface area contributed by atoms with Crippen LogP contribution in [0.25, 0.3) is 0 Å². The van der Waals surface area contributed by atoms with Crippen molar-refractivity contribution in [1.29, 1.82) is 0 Å². The third kappa shape index (κ3) is 4.89. The number of rotatable bonds is 6. The van der Waals surface area contributed by atoms with Crippen LogP contribution in [0.3, 0.4) is 0 Å². The number of para-hydroxylation sites is 1. The molecule has 0 radical (unpaired) electrons. The van der Waals surface area contributed by atoms with Gasteiger partial charge >= 0.3 is 5.97 Å². The molecule has 2 rings (SSSR count). The van der Waals surface area contributed by atoms with Crippen LogP contribution in [0.1, 0.15) is 49.0 Å². The predicted molar refractivity (Wildman–Crippen MR) is 95.1 cm³/mol. The molecule has 2 aromatic carbocycles. The van der Waals surface area contributed by atoms with Crippen LogP contribution in [0.15, 0.2) is 48.5 Å². The van der Waals surface area contributed by atoms with Gasteiger partial charge in [0, 0.05) is 5.69 Å². The molecule has 0 aliphatic rings. The Bertz CT molecular complexity index is 760. The lowest BCUT2D eigenvalue weighted by atomic mass is 9.97. The molecule has 0 aliphatic carbocycles. The molecule has 132 valence electrons. The number of carbonyl (C=O) groups excluding carboxylic acids is 2. The number of hydrogen-bond donors (Lipinski definition) is 1. The van der Waals surface area contributed by atoms with Crippen molar-refractivity contribution in [2.45, 2.75) is 39.2 Å². The van der Waals surface area contributed by atoms with Gasteiger partial charge in [-0.2, -0.15) is 0 Å². The molecule has 0 aliphatic heterocycles. The molecule has 25 heavy (non-hydrogen) atoms. The van der Waals surface area contributed by atoms with Crippen LogP contribution in [-0.2, 0) is 9.53 Å². The normalized spacial score (nSPS) is 13.0. The molecular formula is C20H22FNO3. The van der Waals surface area contributed by atoms with Gasteiger partial charge in [-0.25, -0.2) is 9.18 Å². The van der Waals surface area contributed by atoms with Gasteiger partial charge in [-0.15, -0.1) is 0 Å². The summed E-state index contributed by atoms with van der Waals surface area (Å²) < 4.78 is 18.3. The van der Waals surface area contributed by atoms with Crippen molar-refractivity contribution in [3.05, 3.63) is 65.5 Å². The molecule has 5 heteroatoms. The number of hydrogen-bond acceptors (Lipinski definition) is 3. The maximum absolute atomic E-state index is 13.2. The first-order chi connectivity index (χ1) is 11.9. The fourth-order valence-corrected chi connectivity index (χ4v) is 2.39. The quantitative estimate of drug-likeness (QED) is 0.785. The lowest BCUT2D eigenvalue weighted by molar-refractivity contribution is -0.123. The van der Waals surface area contributed by atoms with E-state index >= 15 is 0 Å². The maximum atomic E-state index is 13.2. The van der Waals surface area contributed by atoms with Crippen molar-refractivity contribution >= 4 is 17.6 Å². The molecule has 0 saturated heterocycles. The molecular weight excluding hydrogens is 321 g/mol. The van der Waals surface area contributed by atoms with Gasteiger partial charge < -0.3 is 10.1 Å². The summed E-state index contributed by atoms with van der Waals surface area (Å²) in [7, 11) is 0. The average Bonchev–Trinajstić information content (AvgIpc) is 2.61. The fraction of sp³-hybridized carbons (Fsp3) is 0.300. The van der Waals surface area contributed by atoms with E-state index in [4.69, 9.17) is 4.74 Å². The van der Waals surface area contributed by atoms with Crippen LogP contribution >= 0.6 is 0 Å². The third-order valence-electron chi connectivity index (χ3n) is 4.08. The zero-order valence-electron chi connectivity index (χ0n) is 14.6. The van der Waals surface area contributed by atoms with Gasteiger partial charge in [0.05, 0.1) is 5.56 Å². The number of anilines is 1. The second-order valence-corrected chi connectivity index (χ2v) is 5.94. The number of benzene rings is 2. The predicted octanol–water partition coefficient (Wildman–Crippen LogP) is 4.52. The van der Waals surface area contributed by atoms with E-state index in [0.29, 0.717) is 11.6 Å². The molecule has 2 aromatic rings. The van der Waals surface area contributed by atoms with Crippen LogP contribution in [-0.4, -0.2) is 18.0 Å². The summed E-state index contributed by atoms with van der Waals surface area (Å²) in [5.74, 6) is -1.41. The summed E-state index contributed by atoms with van der Waals surface area (Å²) in [5, 5.41) is 2.80. The summed E-state index contributed by atoms with van der Waals surface area (Å²) in [6.45, 7) is 5.64. The zero-order valence-corrected chi connectivity index (χ0v) is 14.6. The number of ether oxygens (including phenoxy) is 1. The smallest absolute Gasteiger partial charge is 0.339 e. The number of carbonyl (C=O) groups is 2. The molecule has 0 heterocycles. The van der Waals surface area contributed by atoms with E-state index in [1.807, 2.05) is 24.3 Å². The van der Waals surface area contributed by atoms with Gasteiger partial charge in [-0.3, -0.25) is 4.79 Å². The lowest BCUT2D eigenvalue weighted by Gasteiger charge is -2.18. The molecule has 0 bridgehead atoms. The molecule has 0 fully saturated rings. The summed E-state index contributed by atoms with van der Waals surface area (Å²) in [6.07, 6.45) is -0.0578. The van der Waals surface area contributed by atoms with Gasteiger partial charge in [0.15, 0.2) is 6.10 Å². The van der Waals surface area contributed by atoms with E-state index in [9.17, 15) is 14.0 Å². The van der Waals surface area contributed by atoms with Crippen molar-refractivity contribution < 1.29 is 18.7 Å². The Kier molecular flexibility index (Phi) is 6.28. The van der Waals surface area contributed by atoms with Crippen molar-refractivity contribution in [1.82, 2.24) is 0 Å². The van der Waals surface area contributed by atoms with E-state index in [1.165, 1.54) is 25.1 Å². The third-order valence-corrected chi connectivity index (χ3v) is 4.08. The van der Waals surface area contributed by atoms with Crippen LogP contribution < -0.4 is 5.32 Å². The summed E-state index contributed by atoms with van der Waals surface area (Å²) in [4.78, 5) is 24.4. The zero-order chi connectivity index (χ0) is 18.4. The van der Waals surface area contributed by atoms with Gasteiger partial charge in [0.25, 0.3) is 5.91 Å². The van der Waals surface area contributed by atoms with Crippen LogP contribution in [0, 0.1) is 5.82 Å². The SMILES string of the molecule is CC[C@H](C)c1ccccc1NC(=O)[C@@H](C)OC(=O)c1cccc(F)c1. The Morgan fingerprint density at radius 3 is 2.52 bits per heavy atom. The first-order valence-corrected chi connectivity index (χ1v) is 8.28. The first kappa shape index (κ1) is 18.6. The molecule has 1 amide bonds.